The molecule has 0 heterocycles. The van der Waals surface area contributed by atoms with E-state index in [1.807, 2.05) is 0 Å². The molecule has 0 spiro atoms. The van der Waals surface area contributed by atoms with Crippen LogP contribution in [0.15, 0.2) is 11.6 Å². The molecular formula is C37H68N4O2. The first-order valence-electron chi connectivity index (χ1n) is 18.4. The summed E-state index contributed by atoms with van der Waals surface area (Å²) in [6.45, 7) is 17.9. The zero-order valence-electron chi connectivity index (χ0n) is 28.7. The van der Waals surface area contributed by atoms with E-state index in [9.17, 15) is 4.79 Å². The van der Waals surface area contributed by atoms with E-state index in [0.29, 0.717) is 17.4 Å². The smallest absolute Gasteiger partial charge is 0.407 e. The van der Waals surface area contributed by atoms with Crippen molar-refractivity contribution in [3.05, 3.63) is 11.6 Å². The summed E-state index contributed by atoms with van der Waals surface area (Å²) >= 11 is 0. The number of carbonyl (C=O) groups excluding carboxylic acids is 1. The van der Waals surface area contributed by atoms with E-state index in [2.05, 4.69) is 56.6 Å². The summed E-state index contributed by atoms with van der Waals surface area (Å²) < 4.78 is 5.96. The zero-order chi connectivity index (χ0) is 30.9. The molecule has 0 aromatic heterocycles. The van der Waals surface area contributed by atoms with Crippen molar-refractivity contribution in [2.75, 3.05) is 39.3 Å². The number of ether oxygens (including phenoxy) is 1. The van der Waals surface area contributed by atoms with Gasteiger partial charge in [0.25, 0.3) is 0 Å². The Bertz CT molecular complexity index is 892. The Hall–Kier alpha value is -1.11. The van der Waals surface area contributed by atoms with Crippen molar-refractivity contribution in [3.63, 3.8) is 0 Å². The summed E-state index contributed by atoms with van der Waals surface area (Å²) in [6.07, 6.45) is 19.7. The van der Waals surface area contributed by atoms with E-state index in [1.165, 1.54) is 57.8 Å². The van der Waals surface area contributed by atoms with Gasteiger partial charge in [-0.05, 0) is 143 Å². The summed E-state index contributed by atoms with van der Waals surface area (Å²) in [5.41, 5.74) is 7.95. The second-order valence-corrected chi connectivity index (χ2v) is 15.8. The van der Waals surface area contributed by atoms with Crippen LogP contribution in [0.2, 0.25) is 0 Å². The zero-order valence-corrected chi connectivity index (χ0v) is 28.7. The number of amides is 1. The van der Waals surface area contributed by atoms with Crippen LogP contribution in [0.3, 0.4) is 0 Å². The van der Waals surface area contributed by atoms with Crippen molar-refractivity contribution < 1.29 is 9.53 Å². The Morgan fingerprint density at radius 3 is 2.35 bits per heavy atom. The highest BCUT2D eigenvalue weighted by Gasteiger charge is 2.59. The molecule has 4 rings (SSSR count). The lowest BCUT2D eigenvalue weighted by Crippen LogP contribution is -2.51. The van der Waals surface area contributed by atoms with E-state index in [4.69, 9.17) is 10.5 Å². The number of nitrogens with two attached hydrogens (primary N) is 1. The lowest BCUT2D eigenvalue weighted by molar-refractivity contribution is -0.0581. The first kappa shape index (κ1) is 34.8. The quantitative estimate of drug-likeness (QED) is 0.103. The monoisotopic (exact) mass is 601 g/mol. The van der Waals surface area contributed by atoms with Crippen LogP contribution < -0.4 is 21.7 Å². The Morgan fingerprint density at radius 2 is 1.63 bits per heavy atom. The molecule has 0 aromatic rings. The molecule has 8 atom stereocenters. The van der Waals surface area contributed by atoms with Crippen LogP contribution in [0.25, 0.3) is 0 Å². The highest BCUT2D eigenvalue weighted by Crippen LogP contribution is 2.67. The third-order valence-corrected chi connectivity index (χ3v) is 12.6. The van der Waals surface area contributed by atoms with E-state index < -0.39 is 0 Å². The standard InChI is InChI=1S/C37H68N4O2/c1-27(2)10-6-11-28(3)32-14-15-33-31-13-12-29-26-30(16-18-36(29,4)34(31)17-19-37(32,33)5)43-35(42)41-25-9-24-40-23-8-22-39-21-7-20-38/h12,27-28,30-34,39-40H,6-11,13-26,38H2,1-5H3,(H,41,42)/t28-,30+,31+,32-,33+,34+,36+,37-/m1/s1. The van der Waals surface area contributed by atoms with Gasteiger partial charge in [0.1, 0.15) is 6.10 Å². The minimum atomic E-state index is -0.236. The summed E-state index contributed by atoms with van der Waals surface area (Å²) in [5.74, 6) is 5.16. The first-order valence-corrected chi connectivity index (χ1v) is 18.4. The third-order valence-electron chi connectivity index (χ3n) is 12.6. The SMILES string of the molecule is CC(C)CCC[C@@H](C)[C@H]1CC[C@H]2[C@@H]3CC=C4C[C@@H](OC(=O)NCCCNCCCNCCCN)CC[C@]4(C)[C@H]3CC[C@]12C. The number of allylic oxidation sites excluding steroid dienone is 1. The van der Waals surface area contributed by atoms with Crippen molar-refractivity contribution in [1.29, 1.82) is 0 Å². The highest BCUT2D eigenvalue weighted by atomic mass is 16.6. The van der Waals surface area contributed by atoms with Gasteiger partial charge in [-0.1, -0.05) is 65.5 Å². The number of rotatable bonds is 17. The highest BCUT2D eigenvalue weighted by molar-refractivity contribution is 5.67. The van der Waals surface area contributed by atoms with Crippen molar-refractivity contribution in [3.8, 4) is 0 Å². The molecule has 43 heavy (non-hydrogen) atoms. The van der Waals surface area contributed by atoms with E-state index >= 15 is 0 Å². The van der Waals surface area contributed by atoms with Crippen LogP contribution in [-0.4, -0.2) is 51.5 Å². The number of hydrogen-bond acceptors (Lipinski definition) is 5. The lowest BCUT2D eigenvalue weighted by Gasteiger charge is -2.58. The van der Waals surface area contributed by atoms with Gasteiger partial charge in [-0.2, -0.15) is 0 Å². The summed E-state index contributed by atoms with van der Waals surface area (Å²) in [4.78, 5) is 12.6. The molecule has 4 aliphatic carbocycles. The van der Waals surface area contributed by atoms with Crippen molar-refractivity contribution in [1.82, 2.24) is 16.0 Å². The topological polar surface area (TPSA) is 88.4 Å². The predicted molar refractivity (Wildman–Crippen MR) is 180 cm³/mol. The Balaban J connectivity index is 1.19. The molecule has 6 heteroatoms. The number of fused-ring (bicyclic) bond motifs is 5. The maximum Gasteiger partial charge on any atom is 0.407 e. The van der Waals surface area contributed by atoms with Crippen LogP contribution in [-0.2, 0) is 4.74 Å². The molecule has 4 aliphatic rings. The fraction of sp³-hybridized carbons (Fsp3) is 0.919. The van der Waals surface area contributed by atoms with Crippen molar-refractivity contribution >= 4 is 6.09 Å². The molecule has 248 valence electrons. The Morgan fingerprint density at radius 1 is 0.907 bits per heavy atom. The number of nitrogens with one attached hydrogen (secondary N) is 3. The van der Waals surface area contributed by atoms with Gasteiger partial charge in [0.15, 0.2) is 0 Å². The Kier molecular flexibility index (Phi) is 13.3. The molecule has 0 aromatic carbocycles. The largest absolute Gasteiger partial charge is 0.446 e. The van der Waals surface area contributed by atoms with Crippen LogP contribution in [0, 0.1) is 46.3 Å². The maximum atomic E-state index is 12.6. The summed E-state index contributed by atoms with van der Waals surface area (Å²) in [7, 11) is 0. The molecular weight excluding hydrogens is 532 g/mol. The molecule has 6 nitrogen and oxygen atoms in total. The van der Waals surface area contributed by atoms with Gasteiger partial charge >= 0.3 is 6.09 Å². The molecule has 5 N–H and O–H groups in total. The number of alkyl carbamates (subject to hydrolysis) is 1. The Labute approximate surface area is 264 Å². The van der Waals surface area contributed by atoms with Crippen LogP contribution in [0.1, 0.15) is 125 Å². The fourth-order valence-electron chi connectivity index (χ4n) is 10.2. The maximum absolute atomic E-state index is 12.6. The molecule has 3 saturated carbocycles. The van der Waals surface area contributed by atoms with E-state index in [0.717, 1.165) is 100 Å². The van der Waals surface area contributed by atoms with Crippen molar-refractivity contribution in [2.45, 2.75) is 131 Å². The van der Waals surface area contributed by atoms with Gasteiger partial charge in [0.05, 0.1) is 0 Å². The minimum absolute atomic E-state index is 0.0252. The average Bonchev–Trinajstić information content (AvgIpc) is 3.33. The number of hydrogen-bond donors (Lipinski definition) is 4. The number of carbonyl (C=O) groups is 1. The average molecular weight is 601 g/mol. The molecule has 0 saturated heterocycles. The molecule has 1 amide bonds. The first-order chi connectivity index (χ1) is 20.7. The van der Waals surface area contributed by atoms with Crippen LogP contribution >= 0.6 is 0 Å². The molecule has 0 bridgehead atoms. The van der Waals surface area contributed by atoms with Gasteiger partial charge in [-0.15, -0.1) is 0 Å². The summed E-state index contributed by atoms with van der Waals surface area (Å²) in [6, 6.07) is 0. The van der Waals surface area contributed by atoms with Gasteiger partial charge in [-0.3, -0.25) is 0 Å². The fourth-order valence-corrected chi connectivity index (χ4v) is 10.2. The van der Waals surface area contributed by atoms with Gasteiger partial charge in [-0.25, -0.2) is 4.79 Å². The van der Waals surface area contributed by atoms with Gasteiger partial charge in [0.2, 0.25) is 0 Å². The second-order valence-electron chi connectivity index (χ2n) is 15.8. The van der Waals surface area contributed by atoms with E-state index in [1.54, 1.807) is 5.57 Å². The van der Waals surface area contributed by atoms with E-state index in [-0.39, 0.29) is 12.2 Å². The van der Waals surface area contributed by atoms with Gasteiger partial charge < -0.3 is 26.4 Å². The summed E-state index contributed by atoms with van der Waals surface area (Å²) in [5, 5.41) is 9.86. The van der Waals surface area contributed by atoms with Crippen LogP contribution in [0.5, 0.6) is 0 Å². The van der Waals surface area contributed by atoms with Crippen molar-refractivity contribution in [2.24, 2.45) is 52.1 Å². The predicted octanol–water partition coefficient (Wildman–Crippen LogP) is 7.43. The molecule has 3 fully saturated rings. The third kappa shape index (κ3) is 8.79. The second kappa shape index (κ2) is 16.5. The van der Waals surface area contributed by atoms with Crippen LogP contribution in [0.4, 0.5) is 4.79 Å². The minimum Gasteiger partial charge on any atom is -0.446 e. The lowest BCUT2D eigenvalue weighted by atomic mass is 9.47. The molecule has 0 unspecified atom stereocenters. The normalized spacial score (nSPS) is 34.2. The molecule has 0 aliphatic heterocycles. The molecule has 0 radical (unpaired) electrons. The van der Waals surface area contributed by atoms with Gasteiger partial charge in [0, 0.05) is 13.0 Å².